The van der Waals surface area contributed by atoms with E-state index in [-0.39, 0.29) is 29.8 Å². The Bertz CT molecular complexity index is 750. The molecule has 4 rings (SSSR count). The first kappa shape index (κ1) is 20.4. The van der Waals surface area contributed by atoms with Gasteiger partial charge in [0.25, 0.3) is 0 Å². The molecule has 0 aromatic heterocycles. The Hall–Kier alpha value is -1.89. The number of amides is 3. The summed E-state index contributed by atoms with van der Waals surface area (Å²) in [7, 11) is 0. The highest BCUT2D eigenvalue weighted by Gasteiger charge is 2.73. The second-order valence-corrected chi connectivity index (χ2v) is 10.3. The SMILES string of the molecule is CC(C)N1C(=O)[C@H]2[C@@H](C(=O)NC3CCCC3)[C@H]3C=C[C@@]2(O3)[C@H]1C(=O)NC(C)(C)C. The van der Waals surface area contributed by atoms with Crippen LogP contribution in [0.2, 0.25) is 0 Å². The number of carbonyl (C=O) groups excluding carboxylic acids is 3. The summed E-state index contributed by atoms with van der Waals surface area (Å²) in [4.78, 5) is 41.6. The molecule has 1 aliphatic carbocycles. The fourth-order valence-electron chi connectivity index (χ4n) is 5.57. The van der Waals surface area contributed by atoms with E-state index in [1.54, 1.807) is 4.90 Å². The van der Waals surface area contributed by atoms with Crippen molar-refractivity contribution in [2.45, 2.75) is 95.7 Å². The summed E-state index contributed by atoms with van der Waals surface area (Å²) in [6, 6.07) is -0.767. The van der Waals surface area contributed by atoms with Gasteiger partial charge in [0, 0.05) is 17.6 Å². The van der Waals surface area contributed by atoms with E-state index in [0.29, 0.717) is 0 Å². The highest BCUT2D eigenvalue weighted by atomic mass is 16.5. The smallest absolute Gasteiger partial charge is 0.246 e. The Labute approximate surface area is 172 Å². The van der Waals surface area contributed by atoms with Crippen LogP contribution in [0.5, 0.6) is 0 Å². The van der Waals surface area contributed by atoms with Gasteiger partial charge in [-0.3, -0.25) is 14.4 Å². The lowest BCUT2D eigenvalue weighted by molar-refractivity contribution is -0.144. The van der Waals surface area contributed by atoms with E-state index in [9.17, 15) is 14.4 Å². The van der Waals surface area contributed by atoms with E-state index in [2.05, 4.69) is 10.6 Å². The molecule has 7 nitrogen and oxygen atoms in total. The standard InChI is InChI=1S/C22H33N3O4/c1-12(2)25-17(19(27)24-21(3,4)5)22-11-10-14(29-22)15(16(22)20(25)28)18(26)23-13-8-6-7-9-13/h10-17H,6-9H2,1-5H3,(H,23,26)(H,24,27)/t14-,15+,16-,17-,22+/m1/s1. The van der Waals surface area contributed by atoms with E-state index in [4.69, 9.17) is 4.74 Å². The van der Waals surface area contributed by atoms with Crippen LogP contribution < -0.4 is 10.6 Å². The molecule has 2 bridgehead atoms. The lowest BCUT2D eigenvalue weighted by Crippen LogP contribution is -2.59. The Morgan fingerprint density at radius 1 is 1.21 bits per heavy atom. The minimum absolute atomic E-state index is 0.118. The maximum Gasteiger partial charge on any atom is 0.246 e. The van der Waals surface area contributed by atoms with Gasteiger partial charge in [-0.1, -0.05) is 25.0 Å². The van der Waals surface area contributed by atoms with Crippen LogP contribution in [0.15, 0.2) is 12.2 Å². The molecule has 0 unspecified atom stereocenters. The summed E-state index contributed by atoms with van der Waals surface area (Å²) in [5.41, 5.74) is -1.50. The zero-order chi connectivity index (χ0) is 21.1. The number of fused-ring (bicyclic) bond motifs is 1. The number of rotatable bonds is 4. The number of likely N-dealkylation sites (tertiary alicyclic amines) is 1. The van der Waals surface area contributed by atoms with Crippen LogP contribution in [-0.4, -0.2) is 58.0 Å². The summed E-state index contributed by atoms with van der Waals surface area (Å²) < 4.78 is 6.29. The molecule has 160 valence electrons. The molecule has 1 spiro atoms. The zero-order valence-corrected chi connectivity index (χ0v) is 18.0. The van der Waals surface area contributed by atoms with Crippen molar-refractivity contribution in [3.63, 3.8) is 0 Å². The first-order valence-electron chi connectivity index (χ1n) is 10.9. The van der Waals surface area contributed by atoms with Crippen molar-refractivity contribution in [3.8, 4) is 0 Å². The van der Waals surface area contributed by atoms with Gasteiger partial charge in [-0.15, -0.1) is 0 Å². The van der Waals surface area contributed by atoms with Crippen LogP contribution in [0.3, 0.4) is 0 Å². The second kappa shape index (κ2) is 6.83. The minimum atomic E-state index is -1.07. The topological polar surface area (TPSA) is 87.7 Å². The van der Waals surface area contributed by atoms with Gasteiger partial charge in [0.1, 0.15) is 11.6 Å². The number of hydrogen-bond acceptors (Lipinski definition) is 4. The van der Waals surface area contributed by atoms with Crippen LogP contribution in [0.1, 0.15) is 60.3 Å². The number of ether oxygens (including phenoxy) is 1. The Morgan fingerprint density at radius 2 is 1.86 bits per heavy atom. The molecule has 1 saturated carbocycles. The normalized spacial score (nSPS) is 36.2. The van der Waals surface area contributed by atoms with Crippen molar-refractivity contribution < 1.29 is 19.1 Å². The molecule has 3 fully saturated rings. The van der Waals surface area contributed by atoms with Gasteiger partial charge >= 0.3 is 0 Å². The molecule has 3 heterocycles. The van der Waals surface area contributed by atoms with Crippen molar-refractivity contribution in [1.29, 1.82) is 0 Å². The summed E-state index contributed by atoms with van der Waals surface area (Å²) in [6.07, 6.45) is 7.48. The van der Waals surface area contributed by atoms with Crippen molar-refractivity contribution in [3.05, 3.63) is 12.2 Å². The first-order chi connectivity index (χ1) is 13.5. The third kappa shape index (κ3) is 3.18. The lowest BCUT2D eigenvalue weighted by Gasteiger charge is -2.36. The highest BCUT2D eigenvalue weighted by Crippen LogP contribution is 2.55. The average Bonchev–Trinajstić information content (AvgIpc) is 3.34. The number of carbonyl (C=O) groups is 3. The van der Waals surface area contributed by atoms with Crippen LogP contribution in [-0.2, 0) is 19.1 Å². The molecule has 3 amide bonds. The Balaban J connectivity index is 1.66. The summed E-state index contributed by atoms with van der Waals surface area (Å²) in [6.45, 7) is 9.54. The van der Waals surface area contributed by atoms with Crippen molar-refractivity contribution in [1.82, 2.24) is 15.5 Å². The summed E-state index contributed by atoms with van der Waals surface area (Å²) in [5, 5.41) is 6.15. The molecule has 29 heavy (non-hydrogen) atoms. The molecule has 7 heteroatoms. The van der Waals surface area contributed by atoms with Gasteiger partial charge in [-0.25, -0.2) is 0 Å². The number of hydrogen-bond donors (Lipinski definition) is 2. The van der Waals surface area contributed by atoms with E-state index < -0.39 is 35.1 Å². The molecule has 2 N–H and O–H groups in total. The molecule has 0 aromatic carbocycles. The molecule has 5 atom stereocenters. The maximum atomic E-state index is 13.5. The third-order valence-corrected chi connectivity index (χ3v) is 6.62. The predicted molar refractivity (Wildman–Crippen MR) is 108 cm³/mol. The van der Waals surface area contributed by atoms with Crippen molar-refractivity contribution in [2.75, 3.05) is 0 Å². The minimum Gasteiger partial charge on any atom is -0.359 e. The molecule has 0 radical (unpaired) electrons. The molecule has 4 aliphatic rings. The van der Waals surface area contributed by atoms with Crippen LogP contribution >= 0.6 is 0 Å². The van der Waals surface area contributed by atoms with E-state index >= 15 is 0 Å². The Kier molecular flexibility index (Phi) is 4.80. The monoisotopic (exact) mass is 403 g/mol. The quantitative estimate of drug-likeness (QED) is 0.697. The fourth-order valence-corrected chi connectivity index (χ4v) is 5.57. The largest absolute Gasteiger partial charge is 0.359 e. The van der Waals surface area contributed by atoms with E-state index in [1.807, 2.05) is 46.8 Å². The maximum absolute atomic E-state index is 13.5. The summed E-state index contributed by atoms with van der Waals surface area (Å²) >= 11 is 0. The average molecular weight is 404 g/mol. The van der Waals surface area contributed by atoms with Gasteiger partial charge in [0.2, 0.25) is 17.7 Å². The molecule has 0 aromatic rings. The van der Waals surface area contributed by atoms with E-state index in [0.717, 1.165) is 25.7 Å². The van der Waals surface area contributed by atoms with Gasteiger partial charge in [0.05, 0.1) is 17.9 Å². The second-order valence-electron chi connectivity index (χ2n) is 10.3. The molecular formula is C22H33N3O4. The first-order valence-corrected chi connectivity index (χ1v) is 10.9. The Morgan fingerprint density at radius 3 is 2.45 bits per heavy atom. The molecule has 3 aliphatic heterocycles. The lowest BCUT2D eigenvalue weighted by atomic mass is 9.74. The van der Waals surface area contributed by atoms with Gasteiger partial charge < -0.3 is 20.3 Å². The van der Waals surface area contributed by atoms with Crippen LogP contribution in [0.25, 0.3) is 0 Å². The number of nitrogens with zero attached hydrogens (tertiary/aromatic N) is 1. The zero-order valence-electron chi connectivity index (χ0n) is 18.0. The predicted octanol–water partition coefficient (Wildman–Crippen LogP) is 1.52. The van der Waals surface area contributed by atoms with Crippen molar-refractivity contribution in [2.24, 2.45) is 11.8 Å². The van der Waals surface area contributed by atoms with Crippen LogP contribution in [0, 0.1) is 11.8 Å². The van der Waals surface area contributed by atoms with Gasteiger partial charge in [0.15, 0.2) is 0 Å². The fraction of sp³-hybridized carbons (Fsp3) is 0.773. The van der Waals surface area contributed by atoms with E-state index in [1.165, 1.54) is 0 Å². The molecular weight excluding hydrogens is 370 g/mol. The van der Waals surface area contributed by atoms with Crippen molar-refractivity contribution >= 4 is 17.7 Å². The van der Waals surface area contributed by atoms with Gasteiger partial charge in [-0.2, -0.15) is 0 Å². The number of nitrogens with one attached hydrogen (secondary N) is 2. The molecule has 2 saturated heterocycles. The summed E-state index contributed by atoms with van der Waals surface area (Å²) in [5.74, 6) is -1.75. The van der Waals surface area contributed by atoms with Gasteiger partial charge in [-0.05, 0) is 47.5 Å². The third-order valence-electron chi connectivity index (χ3n) is 6.62. The highest BCUT2D eigenvalue weighted by molar-refractivity contribution is 6.00. The van der Waals surface area contributed by atoms with Crippen LogP contribution in [0.4, 0.5) is 0 Å².